The summed E-state index contributed by atoms with van der Waals surface area (Å²) in [6, 6.07) is 14.9. The van der Waals surface area contributed by atoms with E-state index in [2.05, 4.69) is 29.6 Å². The molecular formula is C18H20FNO. The molecular weight excluding hydrogens is 265 g/mol. The molecule has 1 aliphatic carbocycles. The van der Waals surface area contributed by atoms with Crippen molar-refractivity contribution in [2.75, 3.05) is 6.54 Å². The fraction of sp³-hybridized carbons (Fsp3) is 0.333. The molecule has 0 spiro atoms. The van der Waals surface area contributed by atoms with E-state index < -0.39 is 5.60 Å². The van der Waals surface area contributed by atoms with Crippen LogP contribution in [0.2, 0.25) is 0 Å². The van der Waals surface area contributed by atoms with Gasteiger partial charge in [-0.2, -0.15) is 0 Å². The molecule has 0 aliphatic heterocycles. The summed E-state index contributed by atoms with van der Waals surface area (Å²) in [6.45, 7) is 2.21. The highest BCUT2D eigenvalue weighted by Gasteiger charge is 2.26. The van der Waals surface area contributed by atoms with E-state index in [0.717, 1.165) is 18.4 Å². The van der Waals surface area contributed by atoms with E-state index >= 15 is 0 Å². The number of aliphatic hydroxyl groups is 1. The van der Waals surface area contributed by atoms with Crippen LogP contribution in [0.4, 0.5) is 4.39 Å². The van der Waals surface area contributed by atoms with Crippen molar-refractivity contribution >= 4 is 0 Å². The zero-order chi connectivity index (χ0) is 14.9. The maximum absolute atomic E-state index is 13.0. The number of hydrogen-bond donors (Lipinski definition) is 2. The molecule has 0 fully saturated rings. The molecule has 1 unspecified atom stereocenters. The monoisotopic (exact) mass is 285 g/mol. The van der Waals surface area contributed by atoms with Crippen LogP contribution in [0.5, 0.6) is 0 Å². The molecule has 3 rings (SSSR count). The van der Waals surface area contributed by atoms with Gasteiger partial charge in [-0.25, -0.2) is 4.39 Å². The fourth-order valence-electron chi connectivity index (χ4n) is 2.96. The standard InChI is InChI=1S/C18H20FNO/c1-18(21,15-6-8-16(19)9-7-15)12-20-17-10-13-4-2-3-5-14(13)11-17/h2-9,17,20-21H,10-12H2,1H3. The molecule has 110 valence electrons. The minimum Gasteiger partial charge on any atom is -0.384 e. The smallest absolute Gasteiger partial charge is 0.123 e. The first-order valence-electron chi connectivity index (χ1n) is 7.33. The minimum absolute atomic E-state index is 0.284. The Labute approximate surface area is 124 Å². The molecule has 21 heavy (non-hydrogen) atoms. The van der Waals surface area contributed by atoms with Crippen molar-refractivity contribution in [3.8, 4) is 0 Å². The largest absolute Gasteiger partial charge is 0.384 e. The first-order valence-corrected chi connectivity index (χ1v) is 7.33. The highest BCUT2D eigenvalue weighted by Crippen LogP contribution is 2.24. The Morgan fingerprint density at radius 1 is 1.10 bits per heavy atom. The van der Waals surface area contributed by atoms with Crippen LogP contribution in [0, 0.1) is 5.82 Å². The average molecular weight is 285 g/mol. The first-order chi connectivity index (χ1) is 10.0. The third-order valence-electron chi connectivity index (χ3n) is 4.25. The third-order valence-corrected chi connectivity index (χ3v) is 4.25. The zero-order valence-electron chi connectivity index (χ0n) is 12.1. The predicted molar refractivity (Wildman–Crippen MR) is 81.6 cm³/mol. The molecule has 2 nitrogen and oxygen atoms in total. The Kier molecular flexibility index (Phi) is 3.79. The van der Waals surface area contributed by atoms with Gasteiger partial charge in [-0.1, -0.05) is 36.4 Å². The highest BCUT2D eigenvalue weighted by molar-refractivity contribution is 5.33. The van der Waals surface area contributed by atoms with Gasteiger partial charge in [0.1, 0.15) is 5.82 Å². The van der Waals surface area contributed by atoms with Crippen LogP contribution < -0.4 is 5.32 Å². The maximum Gasteiger partial charge on any atom is 0.123 e. The van der Waals surface area contributed by atoms with Gasteiger partial charge in [-0.15, -0.1) is 0 Å². The van der Waals surface area contributed by atoms with E-state index in [1.165, 1.54) is 23.3 Å². The fourth-order valence-corrected chi connectivity index (χ4v) is 2.96. The second-order valence-electron chi connectivity index (χ2n) is 6.04. The van der Waals surface area contributed by atoms with E-state index in [1.54, 1.807) is 19.1 Å². The Morgan fingerprint density at radius 3 is 2.24 bits per heavy atom. The van der Waals surface area contributed by atoms with Gasteiger partial charge in [0, 0.05) is 12.6 Å². The van der Waals surface area contributed by atoms with Gasteiger partial charge in [0.25, 0.3) is 0 Å². The topological polar surface area (TPSA) is 32.3 Å². The van der Waals surface area contributed by atoms with Crippen LogP contribution in [-0.4, -0.2) is 17.7 Å². The second-order valence-corrected chi connectivity index (χ2v) is 6.04. The highest BCUT2D eigenvalue weighted by atomic mass is 19.1. The molecule has 1 aliphatic rings. The Bertz CT molecular complexity index is 596. The lowest BCUT2D eigenvalue weighted by atomic mass is 9.95. The molecule has 0 saturated carbocycles. The maximum atomic E-state index is 13.0. The van der Waals surface area contributed by atoms with Crippen LogP contribution in [0.3, 0.4) is 0 Å². The lowest BCUT2D eigenvalue weighted by Crippen LogP contribution is -2.41. The van der Waals surface area contributed by atoms with Gasteiger partial charge in [-0.05, 0) is 48.6 Å². The first kappa shape index (κ1) is 14.2. The van der Waals surface area contributed by atoms with Crippen LogP contribution in [-0.2, 0) is 18.4 Å². The number of hydrogen-bond acceptors (Lipinski definition) is 2. The van der Waals surface area contributed by atoms with Gasteiger partial charge < -0.3 is 10.4 Å². The minimum atomic E-state index is -0.998. The van der Waals surface area contributed by atoms with Crippen LogP contribution >= 0.6 is 0 Å². The molecule has 1 atom stereocenters. The Morgan fingerprint density at radius 2 is 1.67 bits per heavy atom. The van der Waals surface area contributed by atoms with E-state index in [-0.39, 0.29) is 5.82 Å². The second kappa shape index (κ2) is 5.58. The van der Waals surface area contributed by atoms with Crippen molar-refractivity contribution in [2.24, 2.45) is 0 Å². The molecule has 2 N–H and O–H groups in total. The molecule has 0 bridgehead atoms. The summed E-state index contributed by atoms with van der Waals surface area (Å²) < 4.78 is 13.0. The summed E-state index contributed by atoms with van der Waals surface area (Å²) >= 11 is 0. The van der Waals surface area contributed by atoms with E-state index in [9.17, 15) is 9.50 Å². The van der Waals surface area contributed by atoms with Crippen LogP contribution in [0.25, 0.3) is 0 Å². The predicted octanol–water partition coefficient (Wildman–Crippen LogP) is 2.79. The molecule has 0 saturated heterocycles. The molecule has 2 aromatic carbocycles. The number of fused-ring (bicyclic) bond motifs is 1. The van der Waals surface area contributed by atoms with Crippen molar-refractivity contribution in [1.29, 1.82) is 0 Å². The van der Waals surface area contributed by atoms with Gasteiger partial charge in [0.05, 0.1) is 5.60 Å². The van der Waals surface area contributed by atoms with Crippen molar-refractivity contribution in [3.63, 3.8) is 0 Å². The Hall–Kier alpha value is -1.71. The number of rotatable bonds is 4. The summed E-state index contributed by atoms with van der Waals surface area (Å²) in [4.78, 5) is 0. The number of benzene rings is 2. The third kappa shape index (κ3) is 3.14. The molecule has 0 amide bonds. The summed E-state index contributed by atoms with van der Waals surface area (Å²) in [6.07, 6.45) is 1.99. The van der Waals surface area contributed by atoms with Crippen molar-refractivity contribution in [3.05, 3.63) is 71.0 Å². The molecule has 0 aromatic heterocycles. The quantitative estimate of drug-likeness (QED) is 0.905. The van der Waals surface area contributed by atoms with Gasteiger partial charge >= 0.3 is 0 Å². The van der Waals surface area contributed by atoms with Crippen molar-refractivity contribution in [1.82, 2.24) is 5.32 Å². The summed E-state index contributed by atoms with van der Waals surface area (Å²) in [5.74, 6) is -0.284. The van der Waals surface area contributed by atoms with Crippen molar-refractivity contribution in [2.45, 2.75) is 31.4 Å². The summed E-state index contributed by atoms with van der Waals surface area (Å²) in [5.41, 5.74) is 2.50. The lowest BCUT2D eigenvalue weighted by molar-refractivity contribution is 0.0540. The summed E-state index contributed by atoms with van der Waals surface area (Å²) in [5, 5.41) is 14.0. The normalized spacial score (nSPS) is 17.5. The van der Waals surface area contributed by atoms with Crippen molar-refractivity contribution < 1.29 is 9.50 Å². The van der Waals surface area contributed by atoms with Gasteiger partial charge in [0.15, 0.2) is 0 Å². The van der Waals surface area contributed by atoms with Gasteiger partial charge in [-0.3, -0.25) is 0 Å². The van der Waals surface area contributed by atoms with Crippen LogP contribution in [0.1, 0.15) is 23.6 Å². The van der Waals surface area contributed by atoms with E-state index in [4.69, 9.17) is 0 Å². The van der Waals surface area contributed by atoms with Crippen LogP contribution in [0.15, 0.2) is 48.5 Å². The van der Waals surface area contributed by atoms with E-state index in [1.807, 2.05) is 0 Å². The molecule has 2 aromatic rings. The molecule has 0 radical (unpaired) electrons. The lowest BCUT2D eigenvalue weighted by Gasteiger charge is -2.26. The van der Waals surface area contributed by atoms with E-state index in [0.29, 0.717) is 12.6 Å². The number of nitrogens with one attached hydrogen (secondary N) is 1. The average Bonchev–Trinajstić information content (AvgIpc) is 2.89. The number of halogens is 1. The summed E-state index contributed by atoms with van der Waals surface area (Å²) in [7, 11) is 0. The SMILES string of the molecule is CC(O)(CNC1Cc2ccccc2C1)c1ccc(F)cc1. The molecule has 3 heteroatoms. The van der Waals surface area contributed by atoms with Gasteiger partial charge in [0.2, 0.25) is 0 Å². The molecule has 0 heterocycles. The zero-order valence-corrected chi connectivity index (χ0v) is 12.1. The Balaban J connectivity index is 1.62.